The van der Waals surface area contributed by atoms with Gasteiger partial charge >= 0.3 is 6.09 Å². The lowest BCUT2D eigenvalue weighted by atomic mass is 10.1. The molecule has 1 N–H and O–H groups in total. The first kappa shape index (κ1) is 30.1. The molecule has 1 amide bonds. The van der Waals surface area contributed by atoms with Crippen LogP contribution in [0.5, 0.6) is 0 Å². The van der Waals surface area contributed by atoms with E-state index in [1.165, 1.54) is 12.0 Å². The second kappa shape index (κ2) is 14.4. The number of methoxy groups -OCH3 is 1. The van der Waals surface area contributed by atoms with Crippen LogP contribution in [0.3, 0.4) is 0 Å². The summed E-state index contributed by atoms with van der Waals surface area (Å²) in [7, 11) is -1.60. The Labute approximate surface area is 208 Å². The largest absolute Gasteiger partial charge is 0.445 e. The van der Waals surface area contributed by atoms with Gasteiger partial charge in [0.2, 0.25) is 0 Å². The predicted molar refractivity (Wildman–Crippen MR) is 141 cm³/mol. The smallest absolute Gasteiger partial charge is 0.410 e. The zero-order valence-corrected chi connectivity index (χ0v) is 23.4. The molecule has 0 radical (unpaired) electrons. The van der Waals surface area contributed by atoms with Crippen molar-refractivity contribution in [3.8, 4) is 11.5 Å². The first-order valence-corrected chi connectivity index (χ1v) is 15.9. The van der Waals surface area contributed by atoms with Crippen molar-refractivity contribution in [1.82, 2.24) is 9.62 Å². The Bertz CT molecular complexity index is 856. The Morgan fingerprint density at radius 3 is 2.44 bits per heavy atom. The third-order valence-corrected chi connectivity index (χ3v) is 6.89. The lowest BCUT2D eigenvalue weighted by Gasteiger charge is -2.32. The quantitative estimate of drug-likeness (QED) is 0.199. The Balaban J connectivity index is 3.18. The molecule has 0 spiro atoms. The molecule has 3 atom stereocenters. The second-order valence-electron chi connectivity index (χ2n) is 9.85. The lowest BCUT2D eigenvalue weighted by molar-refractivity contribution is -0.0625. The molecule has 0 fully saturated rings. The highest BCUT2D eigenvalue weighted by atomic mass is 32.2. The summed E-state index contributed by atoms with van der Waals surface area (Å²) in [6.07, 6.45) is 0.480. The number of rotatable bonds is 12. The summed E-state index contributed by atoms with van der Waals surface area (Å²) < 4.78 is 32.1. The molecule has 0 unspecified atom stereocenters. The van der Waals surface area contributed by atoms with Gasteiger partial charge in [-0.05, 0) is 26.3 Å². The molecule has 190 valence electrons. The number of carbonyl (C=O) groups is 1. The van der Waals surface area contributed by atoms with Gasteiger partial charge in [-0.3, -0.25) is 0 Å². The SMILES string of the molecule is C=CCN(C[C@@H](N[S@@](=O)C(C)(C)C)[C@@H](C#C[Si](C)(C)C)OCOC)C(=O)OCc1ccccc1. The Morgan fingerprint density at radius 2 is 1.91 bits per heavy atom. The third kappa shape index (κ3) is 11.9. The van der Waals surface area contributed by atoms with Gasteiger partial charge in [-0.25, -0.2) is 13.7 Å². The molecule has 9 heteroatoms. The van der Waals surface area contributed by atoms with Gasteiger partial charge in [0.25, 0.3) is 0 Å². The Kier molecular flexibility index (Phi) is 12.8. The molecular weight excluding hydrogens is 468 g/mol. The molecule has 0 aliphatic carbocycles. The molecule has 0 saturated heterocycles. The predicted octanol–water partition coefficient (Wildman–Crippen LogP) is 4.10. The maximum atomic E-state index is 13.0. The second-order valence-corrected chi connectivity index (χ2v) is 16.6. The van der Waals surface area contributed by atoms with Crippen molar-refractivity contribution in [3.05, 3.63) is 48.6 Å². The van der Waals surface area contributed by atoms with E-state index in [1.807, 2.05) is 51.1 Å². The number of nitrogens with one attached hydrogen (secondary N) is 1. The summed E-state index contributed by atoms with van der Waals surface area (Å²) in [5, 5.41) is 0. The van der Waals surface area contributed by atoms with Gasteiger partial charge in [0.15, 0.2) is 0 Å². The van der Waals surface area contributed by atoms with Gasteiger partial charge in [0.05, 0.1) is 21.8 Å². The molecule has 0 aliphatic heterocycles. The van der Waals surface area contributed by atoms with Gasteiger partial charge < -0.3 is 19.1 Å². The molecule has 0 aliphatic rings. The minimum absolute atomic E-state index is 0.0191. The molecule has 1 aromatic carbocycles. The molecule has 34 heavy (non-hydrogen) atoms. The van der Waals surface area contributed by atoms with E-state index in [2.05, 4.69) is 42.4 Å². The van der Waals surface area contributed by atoms with Gasteiger partial charge in [0, 0.05) is 20.2 Å². The summed E-state index contributed by atoms with van der Waals surface area (Å²) in [5.74, 6) is 3.20. The van der Waals surface area contributed by atoms with Crippen LogP contribution in [-0.2, 0) is 31.8 Å². The average molecular weight is 509 g/mol. The molecule has 7 nitrogen and oxygen atoms in total. The standard InChI is InChI=1S/C25H40N2O5SSi/c1-9-16-27(24(28)31-19-21-13-11-10-12-14-21)18-22(26-33(29)25(2,3)4)23(32-20-30-5)15-17-34(6,7)8/h9-14,22-23,26H,1,16,18-20H2,2-8H3/t22-,23-,33+/m1/s1. The monoisotopic (exact) mass is 508 g/mol. The van der Waals surface area contributed by atoms with E-state index < -0.39 is 42.0 Å². The zero-order chi connectivity index (χ0) is 25.8. The Morgan fingerprint density at radius 1 is 1.26 bits per heavy atom. The fourth-order valence-electron chi connectivity index (χ4n) is 2.62. The van der Waals surface area contributed by atoms with Crippen LogP contribution in [0.25, 0.3) is 0 Å². The van der Waals surface area contributed by atoms with Crippen molar-refractivity contribution >= 4 is 25.2 Å². The molecule has 1 aromatic rings. The number of ether oxygens (including phenoxy) is 3. The van der Waals surface area contributed by atoms with E-state index in [0.29, 0.717) is 0 Å². The Hall–Kier alpha value is -1.96. The maximum absolute atomic E-state index is 13.0. The van der Waals surface area contributed by atoms with Crippen LogP contribution < -0.4 is 4.72 Å². The molecule has 0 aromatic heterocycles. The van der Waals surface area contributed by atoms with E-state index in [4.69, 9.17) is 14.2 Å². The van der Waals surface area contributed by atoms with Crippen molar-refractivity contribution in [1.29, 1.82) is 0 Å². The lowest BCUT2D eigenvalue weighted by Crippen LogP contribution is -2.53. The van der Waals surface area contributed by atoms with Gasteiger partial charge in [-0.1, -0.05) is 62.0 Å². The number of carbonyl (C=O) groups excluding carboxylic acids is 1. The van der Waals surface area contributed by atoms with Crippen LogP contribution in [0.2, 0.25) is 19.6 Å². The zero-order valence-electron chi connectivity index (χ0n) is 21.6. The van der Waals surface area contributed by atoms with Crippen LogP contribution in [0, 0.1) is 11.5 Å². The van der Waals surface area contributed by atoms with Crippen LogP contribution in [0.15, 0.2) is 43.0 Å². The van der Waals surface area contributed by atoms with Crippen LogP contribution >= 0.6 is 0 Å². The summed E-state index contributed by atoms with van der Waals surface area (Å²) in [5.41, 5.74) is 4.21. The first-order valence-electron chi connectivity index (χ1n) is 11.2. The number of benzene rings is 1. The van der Waals surface area contributed by atoms with Gasteiger partial charge in [0.1, 0.15) is 27.6 Å². The highest BCUT2D eigenvalue weighted by molar-refractivity contribution is 7.84. The van der Waals surface area contributed by atoms with Crippen molar-refractivity contribution in [2.24, 2.45) is 0 Å². The van der Waals surface area contributed by atoms with Gasteiger partial charge in [-0.2, -0.15) is 0 Å². The summed E-state index contributed by atoms with van der Waals surface area (Å²) in [6, 6.07) is 8.92. The minimum Gasteiger partial charge on any atom is -0.445 e. The fourth-order valence-corrected chi connectivity index (χ4v) is 4.03. The molecule has 1 rings (SSSR count). The van der Waals surface area contributed by atoms with Crippen molar-refractivity contribution in [2.45, 2.75) is 63.9 Å². The van der Waals surface area contributed by atoms with Crippen LogP contribution in [0.4, 0.5) is 4.79 Å². The number of hydrogen-bond acceptors (Lipinski definition) is 5. The molecule has 0 saturated carbocycles. The maximum Gasteiger partial charge on any atom is 0.410 e. The average Bonchev–Trinajstić information content (AvgIpc) is 2.76. The van der Waals surface area contributed by atoms with E-state index in [1.54, 1.807) is 6.08 Å². The van der Waals surface area contributed by atoms with Gasteiger partial charge in [-0.15, -0.1) is 12.1 Å². The number of amides is 1. The van der Waals surface area contributed by atoms with E-state index in [0.717, 1.165) is 5.56 Å². The van der Waals surface area contributed by atoms with Crippen molar-refractivity contribution in [2.75, 3.05) is 27.0 Å². The summed E-state index contributed by atoms with van der Waals surface area (Å²) >= 11 is 0. The fraction of sp³-hybridized carbons (Fsp3) is 0.560. The molecular formula is C25H40N2O5SSi. The minimum atomic E-state index is -1.72. The van der Waals surface area contributed by atoms with Crippen LogP contribution in [0.1, 0.15) is 26.3 Å². The normalized spacial score (nSPS) is 14.3. The van der Waals surface area contributed by atoms with Crippen molar-refractivity contribution < 1.29 is 23.2 Å². The molecule has 0 bridgehead atoms. The highest BCUT2D eigenvalue weighted by Crippen LogP contribution is 2.14. The van der Waals surface area contributed by atoms with E-state index in [-0.39, 0.29) is 26.5 Å². The number of nitrogens with zero attached hydrogens (tertiary/aromatic N) is 1. The topological polar surface area (TPSA) is 77.1 Å². The third-order valence-electron chi connectivity index (χ3n) is 4.36. The number of hydrogen-bond donors (Lipinski definition) is 1. The van der Waals surface area contributed by atoms with Crippen LogP contribution in [-0.4, -0.2) is 67.2 Å². The van der Waals surface area contributed by atoms with Crippen molar-refractivity contribution in [3.63, 3.8) is 0 Å². The highest BCUT2D eigenvalue weighted by Gasteiger charge is 2.31. The van der Waals surface area contributed by atoms with E-state index >= 15 is 0 Å². The summed E-state index contributed by atoms with van der Waals surface area (Å²) in [6.45, 7) is 16.4. The molecule has 0 heterocycles. The first-order chi connectivity index (χ1) is 15.9. The van der Waals surface area contributed by atoms with E-state index in [9.17, 15) is 9.00 Å². The summed E-state index contributed by atoms with van der Waals surface area (Å²) in [4.78, 5) is 14.4.